The number of benzene rings is 7. The highest BCUT2D eigenvalue weighted by atomic mass is 16.7. The number of nitrogens with zero attached hydrogens (tertiary/aromatic N) is 2. The zero-order valence-corrected chi connectivity index (χ0v) is 32.9. The molecule has 0 spiro atoms. The van der Waals surface area contributed by atoms with E-state index in [2.05, 4.69) is 215 Å². The topological polar surface area (TPSA) is 26.6 Å². The number of fused-ring (bicyclic) bond motifs is 6. The minimum atomic E-state index is -0.417. The van der Waals surface area contributed by atoms with E-state index in [0.717, 1.165) is 22.5 Å². The van der Waals surface area contributed by atoms with Gasteiger partial charge < -0.3 is 18.8 Å². The molecule has 0 amide bonds. The van der Waals surface area contributed by atoms with Crippen LogP contribution in [0.2, 0.25) is 0 Å². The lowest BCUT2D eigenvalue weighted by molar-refractivity contribution is 0.00578. The van der Waals surface area contributed by atoms with Crippen molar-refractivity contribution in [1.82, 2.24) is 4.57 Å². The van der Waals surface area contributed by atoms with Gasteiger partial charge in [-0.1, -0.05) is 111 Å². The smallest absolute Gasteiger partial charge is 0.399 e. The van der Waals surface area contributed by atoms with Crippen molar-refractivity contribution in [3.05, 3.63) is 175 Å². The van der Waals surface area contributed by atoms with E-state index in [1.54, 1.807) is 0 Å². The third-order valence-electron chi connectivity index (χ3n) is 12.6. The lowest BCUT2D eigenvalue weighted by Crippen LogP contribution is -2.41. The summed E-state index contributed by atoms with van der Waals surface area (Å²) < 4.78 is 15.2. The first-order valence-corrected chi connectivity index (χ1v) is 19.7. The van der Waals surface area contributed by atoms with Crippen LogP contribution >= 0.6 is 0 Å². The van der Waals surface area contributed by atoms with Gasteiger partial charge in [0.15, 0.2) is 0 Å². The summed E-state index contributed by atoms with van der Waals surface area (Å²) >= 11 is 0. The molecule has 2 heterocycles. The van der Waals surface area contributed by atoms with Crippen molar-refractivity contribution in [3.8, 4) is 27.9 Å². The fraction of sp³-hybridized carbons (Fsp3) is 0.176. The number of rotatable bonds is 6. The second kappa shape index (κ2) is 12.6. The SMILES string of the molecule is CC1(C)c2ccccc2-c2ccc(N(c3ccc(B4OC(C)(C)C(C)(C)O4)cc3)c3ccc(-c4ccc5c(c4)c4ccccc4n5-c4ccccc4)cc3)cc21. The summed E-state index contributed by atoms with van der Waals surface area (Å²) in [5.74, 6) is 0. The molecule has 1 aliphatic heterocycles. The maximum atomic E-state index is 6.42. The van der Waals surface area contributed by atoms with Gasteiger partial charge in [-0.2, -0.15) is 0 Å². The van der Waals surface area contributed by atoms with Gasteiger partial charge in [-0.05, 0) is 133 Å². The van der Waals surface area contributed by atoms with Gasteiger partial charge in [0.05, 0.1) is 22.2 Å². The molecule has 0 atom stereocenters. The lowest BCUT2D eigenvalue weighted by Gasteiger charge is -2.32. The molecular formula is C51H45BN2O2. The molecule has 1 saturated heterocycles. The number of aromatic nitrogens is 1. The standard InChI is InChI=1S/C51H45BN2O2/c1-49(2)45-18-12-10-16-41(45)42-30-29-40(33-46(42)49)53(39-27-23-36(24-28-39)52-55-50(3,4)51(5,6)56-52)38-25-20-34(21-26-38)35-22-31-48-44(32-35)43-17-11-13-19-47(43)54(48)37-14-8-7-9-15-37/h7-33H,1-6H3. The van der Waals surface area contributed by atoms with E-state index in [1.165, 1.54) is 60.9 Å². The van der Waals surface area contributed by atoms with Crippen LogP contribution in [0.3, 0.4) is 0 Å². The zero-order valence-electron chi connectivity index (χ0n) is 32.9. The Morgan fingerprint density at radius 2 is 1.04 bits per heavy atom. The quantitative estimate of drug-likeness (QED) is 0.160. The molecule has 1 aliphatic carbocycles. The van der Waals surface area contributed by atoms with Crippen molar-refractivity contribution < 1.29 is 9.31 Å². The van der Waals surface area contributed by atoms with E-state index in [9.17, 15) is 0 Å². The molecule has 0 bridgehead atoms. The predicted octanol–water partition coefficient (Wildman–Crippen LogP) is 12.5. The van der Waals surface area contributed by atoms with Crippen molar-refractivity contribution in [2.24, 2.45) is 0 Å². The lowest BCUT2D eigenvalue weighted by atomic mass is 9.79. The summed E-state index contributed by atoms with van der Waals surface area (Å²) in [7, 11) is -0.417. The molecule has 0 radical (unpaired) electrons. The zero-order chi connectivity index (χ0) is 38.4. The van der Waals surface area contributed by atoms with Gasteiger partial charge in [0.25, 0.3) is 0 Å². The van der Waals surface area contributed by atoms with Gasteiger partial charge in [-0.15, -0.1) is 0 Å². The molecule has 1 aromatic heterocycles. The van der Waals surface area contributed by atoms with Crippen molar-refractivity contribution >= 4 is 51.4 Å². The molecule has 7 aromatic carbocycles. The molecule has 0 unspecified atom stereocenters. The summed E-state index contributed by atoms with van der Waals surface area (Å²) in [6, 6.07) is 59.7. The monoisotopic (exact) mass is 728 g/mol. The third kappa shape index (κ3) is 5.37. The van der Waals surface area contributed by atoms with E-state index in [-0.39, 0.29) is 5.41 Å². The molecule has 10 rings (SSSR count). The Morgan fingerprint density at radius 3 is 1.77 bits per heavy atom. The van der Waals surface area contributed by atoms with Gasteiger partial charge in [-0.3, -0.25) is 0 Å². The van der Waals surface area contributed by atoms with Crippen LogP contribution in [-0.4, -0.2) is 22.9 Å². The highest BCUT2D eigenvalue weighted by Crippen LogP contribution is 2.50. The first kappa shape index (κ1) is 34.6. The Bertz CT molecular complexity index is 2770. The second-order valence-electron chi connectivity index (χ2n) is 16.9. The number of hydrogen-bond acceptors (Lipinski definition) is 3. The van der Waals surface area contributed by atoms with Crippen LogP contribution in [0.1, 0.15) is 52.7 Å². The molecule has 274 valence electrons. The molecule has 1 fully saturated rings. The van der Waals surface area contributed by atoms with Crippen LogP contribution in [0.25, 0.3) is 49.7 Å². The Kier molecular flexibility index (Phi) is 7.77. The van der Waals surface area contributed by atoms with E-state index < -0.39 is 18.3 Å². The molecule has 8 aromatic rings. The van der Waals surface area contributed by atoms with Crippen molar-refractivity contribution in [2.45, 2.75) is 58.2 Å². The minimum absolute atomic E-state index is 0.111. The number of anilines is 3. The van der Waals surface area contributed by atoms with Crippen molar-refractivity contribution in [1.29, 1.82) is 0 Å². The fourth-order valence-electron chi connectivity index (χ4n) is 8.85. The normalized spacial score (nSPS) is 16.3. The molecular weight excluding hydrogens is 683 g/mol. The summed E-state index contributed by atoms with van der Waals surface area (Å²) in [4.78, 5) is 2.37. The third-order valence-corrected chi connectivity index (χ3v) is 12.6. The average Bonchev–Trinajstić information content (AvgIpc) is 3.75. The summed E-state index contributed by atoms with van der Waals surface area (Å²) in [6.45, 7) is 13.1. The molecule has 56 heavy (non-hydrogen) atoms. The Balaban J connectivity index is 1.05. The molecule has 4 nitrogen and oxygen atoms in total. The maximum Gasteiger partial charge on any atom is 0.494 e. The number of hydrogen-bond donors (Lipinski definition) is 0. The Morgan fingerprint density at radius 1 is 0.464 bits per heavy atom. The molecule has 5 heteroatoms. The van der Waals surface area contributed by atoms with Gasteiger partial charge in [0.1, 0.15) is 0 Å². The van der Waals surface area contributed by atoms with Crippen LogP contribution in [0, 0.1) is 0 Å². The van der Waals surface area contributed by atoms with Crippen molar-refractivity contribution in [2.75, 3.05) is 4.90 Å². The van der Waals surface area contributed by atoms with E-state index >= 15 is 0 Å². The van der Waals surface area contributed by atoms with E-state index in [0.29, 0.717) is 0 Å². The minimum Gasteiger partial charge on any atom is -0.399 e. The Labute approximate surface area is 330 Å². The van der Waals surface area contributed by atoms with Gasteiger partial charge >= 0.3 is 7.12 Å². The van der Waals surface area contributed by atoms with Crippen LogP contribution in [0.15, 0.2) is 164 Å². The van der Waals surface area contributed by atoms with Crippen LogP contribution in [0.5, 0.6) is 0 Å². The molecule has 2 aliphatic rings. The van der Waals surface area contributed by atoms with Crippen molar-refractivity contribution in [3.63, 3.8) is 0 Å². The predicted molar refractivity (Wildman–Crippen MR) is 234 cm³/mol. The highest BCUT2D eigenvalue weighted by Gasteiger charge is 2.51. The summed E-state index contributed by atoms with van der Waals surface area (Å²) in [5, 5.41) is 2.50. The van der Waals surface area contributed by atoms with Gasteiger partial charge in [-0.25, -0.2) is 0 Å². The largest absolute Gasteiger partial charge is 0.494 e. The summed E-state index contributed by atoms with van der Waals surface area (Å²) in [5.41, 5.74) is 14.7. The van der Waals surface area contributed by atoms with Crippen LogP contribution < -0.4 is 10.4 Å². The maximum absolute atomic E-state index is 6.42. The average molecular weight is 729 g/mol. The summed E-state index contributed by atoms with van der Waals surface area (Å²) in [6.07, 6.45) is 0. The molecule has 0 saturated carbocycles. The highest BCUT2D eigenvalue weighted by molar-refractivity contribution is 6.62. The van der Waals surface area contributed by atoms with Crippen LogP contribution in [0.4, 0.5) is 17.1 Å². The first-order valence-electron chi connectivity index (χ1n) is 19.7. The first-order chi connectivity index (χ1) is 27.0. The number of para-hydroxylation sites is 2. The fourth-order valence-corrected chi connectivity index (χ4v) is 8.85. The van der Waals surface area contributed by atoms with E-state index in [4.69, 9.17) is 9.31 Å². The van der Waals surface area contributed by atoms with Gasteiger partial charge in [0.2, 0.25) is 0 Å². The molecule has 0 N–H and O–H groups in total. The Hall–Kier alpha value is -5.88. The van der Waals surface area contributed by atoms with E-state index in [1.807, 2.05) is 0 Å². The second-order valence-corrected chi connectivity index (χ2v) is 16.9. The van der Waals surface area contributed by atoms with Crippen LogP contribution in [-0.2, 0) is 14.7 Å². The van der Waals surface area contributed by atoms with Gasteiger partial charge in [0, 0.05) is 38.9 Å².